The van der Waals surface area contributed by atoms with Crippen LogP contribution in [-0.4, -0.2) is 58.2 Å². The van der Waals surface area contributed by atoms with Crippen molar-refractivity contribution in [3.05, 3.63) is 0 Å². The molecule has 6 nitrogen and oxygen atoms in total. The van der Waals surface area contributed by atoms with Gasteiger partial charge in [-0.2, -0.15) is 0 Å². The molecule has 8 heteroatoms. The minimum atomic E-state index is -4.19. The summed E-state index contributed by atoms with van der Waals surface area (Å²) in [6, 6.07) is 0. The molecule has 0 atom stereocenters. The van der Waals surface area contributed by atoms with E-state index in [0.717, 1.165) is 4.67 Å². The van der Waals surface area contributed by atoms with Crippen molar-refractivity contribution in [2.75, 3.05) is 38.7 Å². The molecule has 0 heterocycles. The van der Waals surface area contributed by atoms with Crippen molar-refractivity contribution in [2.45, 2.75) is 6.42 Å². The zero-order valence-corrected chi connectivity index (χ0v) is 10.1. The van der Waals surface area contributed by atoms with Crippen LogP contribution in [0.3, 0.4) is 0 Å². The second-order valence-electron chi connectivity index (χ2n) is 2.98. The fourth-order valence-electron chi connectivity index (χ4n) is 1.01. The maximum absolute atomic E-state index is 10.9. The molecule has 0 radical (unpaired) electrons. The van der Waals surface area contributed by atoms with Crippen molar-refractivity contribution in [1.29, 1.82) is 0 Å². The number of hydrogen-bond acceptors (Lipinski definition) is 3. The molecule has 15 heavy (non-hydrogen) atoms. The first kappa shape index (κ1) is 15.3. The van der Waals surface area contributed by atoms with E-state index in [2.05, 4.69) is 5.32 Å². The third-order valence-corrected chi connectivity index (χ3v) is 3.08. The molecule has 0 fully saturated rings. The largest absolute Gasteiger partial charge is 0.403 e. The van der Waals surface area contributed by atoms with Gasteiger partial charge in [0.05, 0.1) is 0 Å². The number of aliphatic hydroxyl groups is 1. The third kappa shape index (κ3) is 8.16. The van der Waals surface area contributed by atoms with Gasteiger partial charge in [0.2, 0.25) is 0 Å². The molecular weight excluding hydrogens is 243 g/mol. The number of rotatable bonds is 9. The van der Waals surface area contributed by atoms with Gasteiger partial charge in [0.25, 0.3) is 0 Å². The zero-order valence-electron chi connectivity index (χ0n) is 8.47. The van der Waals surface area contributed by atoms with Crippen molar-refractivity contribution in [1.82, 2.24) is 9.99 Å². The fraction of sp³-hybridized carbons (Fsp3) is 1.00. The minimum absolute atomic E-state index is 0.108. The van der Waals surface area contributed by atoms with E-state index in [-0.39, 0.29) is 25.6 Å². The first-order valence-electron chi connectivity index (χ1n) is 4.71. The molecular formula is C7H18ClN2O4P. The summed E-state index contributed by atoms with van der Waals surface area (Å²) < 4.78 is 12.0. The number of nitrogens with one attached hydrogen (secondary N) is 1. The Balaban J connectivity index is 3.72. The molecule has 0 unspecified atom stereocenters. The lowest BCUT2D eigenvalue weighted by Crippen LogP contribution is -2.31. The summed E-state index contributed by atoms with van der Waals surface area (Å²) in [5.74, 6) is 0.182. The maximum Gasteiger partial charge on any atom is 0.403 e. The van der Waals surface area contributed by atoms with Gasteiger partial charge in [-0.25, -0.2) is 9.24 Å². The fourth-order valence-corrected chi connectivity index (χ4v) is 2.05. The first-order chi connectivity index (χ1) is 7.02. The molecule has 0 saturated heterocycles. The molecule has 0 aliphatic carbocycles. The molecule has 0 bridgehead atoms. The van der Waals surface area contributed by atoms with E-state index in [1.54, 1.807) is 0 Å². The number of alkyl halides is 1. The van der Waals surface area contributed by atoms with Gasteiger partial charge in [-0.3, -0.25) is 0 Å². The van der Waals surface area contributed by atoms with Gasteiger partial charge in [0, 0.05) is 32.1 Å². The first-order valence-corrected chi connectivity index (χ1v) is 6.81. The highest BCUT2D eigenvalue weighted by atomic mass is 35.5. The van der Waals surface area contributed by atoms with Gasteiger partial charge in [0.1, 0.15) is 0 Å². The Bertz CT molecular complexity index is 201. The summed E-state index contributed by atoms with van der Waals surface area (Å²) in [5.41, 5.74) is 0. The predicted molar refractivity (Wildman–Crippen MR) is 58.9 cm³/mol. The van der Waals surface area contributed by atoms with Crippen LogP contribution >= 0.6 is 19.3 Å². The van der Waals surface area contributed by atoms with Gasteiger partial charge in [-0.1, -0.05) is 0 Å². The molecule has 0 spiro atoms. The van der Waals surface area contributed by atoms with Crippen molar-refractivity contribution < 1.29 is 19.5 Å². The van der Waals surface area contributed by atoms with Crippen molar-refractivity contribution in [3.63, 3.8) is 0 Å². The molecule has 0 aliphatic rings. The van der Waals surface area contributed by atoms with Crippen molar-refractivity contribution >= 4 is 19.3 Å². The van der Waals surface area contributed by atoms with E-state index in [0.29, 0.717) is 19.5 Å². The zero-order chi connectivity index (χ0) is 11.7. The molecule has 0 aliphatic heterocycles. The number of hydrogen-bond donors (Lipinski definition) is 4. The number of aliphatic hydroxyl groups excluding tert-OH is 1. The van der Waals surface area contributed by atoms with E-state index < -0.39 is 7.75 Å². The summed E-state index contributed by atoms with van der Waals surface area (Å²) in [7, 11) is -4.19. The van der Waals surface area contributed by atoms with Gasteiger partial charge in [-0.05, 0) is 13.0 Å². The molecule has 0 amide bonds. The normalized spacial score (nSPS) is 12.3. The van der Waals surface area contributed by atoms with Crippen LogP contribution in [0.2, 0.25) is 0 Å². The second-order valence-corrected chi connectivity index (χ2v) is 4.95. The van der Waals surface area contributed by atoms with Crippen molar-refractivity contribution in [3.8, 4) is 0 Å². The van der Waals surface area contributed by atoms with Crippen LogP contribution in [0.5, 0.6) is 0 Å². The van der Waals surface area contributed by atoms with Crippen LogP contribution in [0.25, 0.3) is 0 Å². The third-order valence-electron chi connectivity index (χ3n) is 1.77. The molecule has 92 valence electrons. The Morgan fingerprint density at radius 1 is 1.27 bits per heavy atom. The lowest BCUT2D eigenvalue weighted by Gasteiger charge is -2.21. The van der Waals surface area contributed by atoms with E-state index in [9.17, 15) is 4.57 Å². The van der Waals surface area contributed by atoms with Crippen molar-refractivity contribution in [2.24, 2.45) is 0 Å². The highest BCUT2D eigenvalue weighted by molar-refractivity contribution is 7.49. The summed E-state index contributed by atoms with van der Waals surface area (Å²) in [4.78, 5) is 17.8. The molecule has 0 saturated carbocycles. The van der Waals surface area contributed by atoms with Gasteiger partial charge in [0.15, 0.2) is 0 Å². The van der Waals surface area contributed by atoms with Gasteiger partial charge >= 0.3 is 7.75 Å². The summed E-state index contributed by atoms with van der Waals surface area (Å²) in [6.07, 6.45) is 0.630. The van der Waals surface area contributed by atoms with Crippen LogP contribution in [0, 0.1) is 0 Å². The molecule has 4 N–H and O–H groups in total. The van der Waals surface area contributed by atoms with Crippen LogP contribution in [0.4, 0.5) is 0 Å². The second kappa shape index (κ2) is 8.47. The van der Waals surface area contributed by atoms with E-state index in [4.69, 9.17) is 26.5 Å². The van der Waals surface area contributed by atoms with E-state index in [1.807, 2.05) is 0 Å². The average molecular weight is 261 g/mol. The lowest BCUT2D eigenvalue weighted by molar-refractivity contribution is 0.269. The lowest BCUT2D eigenvalue weighted by atomic mass is 10.4. The van der Waals surface area contributed by atoms with E-state index >= 15 is 0 Å². The molecule has 0 aromatic heterocycles. The summed E-state index contributed by atoms with van der Waals surface area (Å²) in [5, 5.41) is 11.5. The van der Waals surface area contributed by atoms with Crippen LogP contribution in [0.15, 0.2) is 0 Å². The smallest absolute Gasteiger partial charge is 0.396 e. The standard InChI is InChI=1S/C7H18ClN2O4P/c8-2-5-10(15(12,13)14)6-4-9-3-1-7-11/h9,11H,1-7H2,(H2,12,13,14). The highest BCUT2D eigenvalue weighted by Gasteiger charge is 2.23. The Kier molecular flexibility index (Phi) is 8.65. The average Bonchev–Trinajstić information content (AvgIpc) is 2.14. The summed E-state index contributed by atoms with van der Waals surface area (Å²) in [6.45, 7) is 1.60. The predicted octanol–water partition coefficient (Wildman–Crippen LogP) is -0.408. The van der Waals surface area contributed by atoms with Gasteiger partial charge in [-0.15, -0.1) is 11.6 Å². The monoisotopic (exact) mass is 260 g/mol. The van der Waals surface area contributed by atoms with Crippen LogP contribution in [0.1, 0.15) is 6.42 Å². The topological polar surface area (TPSA) is 93.0 Å². The molecule has 0 rings (SSSR count). The van der Waals surface area contributed by atoms with Gasteiger partial charge < -0.3 is 20.2 Å². The Labute approximate surface area is 94.4 Å². The Morgan fingerprint density at radius 2 is 1.93 bits per heavy atom. The quantitative estimate of drug-likeness (QED) is 0.256. The van der Waals surface area contributed by atoms with E-state index in [1.165, 1.54) is 0 Å². The Morgan fingerprint density at radius 3 is 2.40 bits per heavy atom. The molecule has 0 aromatic rings. The molecule has 0 aromatic carbocycles. The highest BCUT2D eigenvalue weighted by Crippen LogP contribution is 2.39. The summed E-state index contributed by atoms with van der Waals surface area (Å²) >= 11 is 5.43. The Hall–Kier alpha value is 0.320. The van der Waals surface area contributed by atoms with Crippen LogP contribution < -0.4 is 5.32 Å². The SMILES string of the molecule is O=P(O)(O)N(CCCl)CCNCCCO. The number of halogens is 1. The van der Waals surface area contributed by atoms with Crippen LogP contribution in [-0.2, 0) is 4.57 Å². The minimum Gasteiger partial charge on any atom is -0.396 e. The maximum atomic E-state index is 10.9. The number of nitrogens with zero attached hydrogens (tertiary/aromatic N) is 1.